The minimum Gasteiger partial charge on any atom is -0.314 e. The van der Waals surface area contributed by atoms with Crippen molar-refractivity contribution in [3.05, 3.63) is 38.9 Å². The fraction of sp³-hybridized carbons (Fsp3) is 0.571. The van der Waals surface area contributed by atoms with Crippen LogP contribution in [0.2, 0.25) is 5.02 Å². The van der Waals surface area contributed by atoms with Crippen LogP contribution in [-0.4, -0.2) is 17.5 Å². The highest BCUT2D eigenvalue weighted by Gasteiger charge is 2.47. The Balaban J connectivity index is 2.13. The molecule has 0 aromatic heterocycles. The summed E-state index contributed by atoms with van der Waals surface area (Å²) in [6.45, 7) is 5.26. The van der Waals surface area contributed by atoms with Gasteiger partial charge >= 0.3 is 0 Å². The van der Waals surface area contributed by atoms with Gasteiger partial charge in [-0.25, -0.2) is 0 Å². The zero-order chi connectivity index (χ0) is 14.0. The van der Waals surface area contributed by atoms with Gasteiger partial charge in [-0.3, -0.25) is 10.1 Å². The maximum absolute atomic E-state index is 10.7. The second-order valence-corrected chi connectivity index (χ2v) is 5.76. The van der Waals surface area contributed by atoms with Crippen molar-refractivity contribution in [2.75, 3.05) is 6.54 Å². The molecule has 1 aliphatic carbocycles. The Hall–Kier alpha value is -1.13. The Bertz CT molecular complexity index is 486. The van der Waals surface area contributed by atoms with Gasteiger partial charge in [0.2, 0.25) is 0 Å². The first kappa shape index (κ1) is 14.3. The predicted octanol–water partition coefficient (Wildman–Crippen LogP) is 3.57. The number of hydrogen-bond donors (Lipinski definition) is 1. The molecule has 0 bridgehead atoms. The lowest BCUT2D eigenvalue weighted by Gasteiger charge is -2.24. The lowest BCUT2D eigenvalue weighted by Crippen LogP contribution is -2.36. The Labute approximate surface area is 118 Å². The van der Waals surface area contributed by atoms with E-state index >= 15 is 0 Å². The number of nitrogens with one attached hydrogen (secondary N) is 1. The van der Waals surface area contributed by atoms with Gasteiger partial charge in [-0.2, -0.15) is 0 Å². The van der Waals surface area contributed by atoms with Crippen molar-refractivity contribution < 1.29 is 4.92 Å². The molecule has 0 radical (unpaired) electrons. The summed E-state index contributed by atoms with van der Waals surface area (Å²) in [7, 11) is 0. The van der Waals surface area contributed by atoms with E-state index in [9.17, 15) is 10.1 Å². The normalized spacial score (nSPS) is 18.1. The molecule has 1 aromatic rings. The first-order valence-electron chi connectivity index (χ1n) is 6.65. The number of rotatable bonds is 6. The van der Waals surface area contributed by atoms with Crippen LogP contribution >= 0.6 is 11.6 Å². The Morgan fingerprint density at radius 2 is 2.21 bits per heavy atom. The fourth-order valence-electron chi connectivity index (χ4n) is 2.62. The van der Waals surface area contributed by atoms with Crippen LogP contribution in [0.15, 0.2) is 18.2 Å². The van der Waals surface area contributed by atoms with Gasteiger partial charge in [0.05, 0.1) is 9.95 Å². The molecule has 0 aliphatic heterocycles. The summed E-state index contributed by atoms with van der Waals surface area (Å²) < 4.78 is 0. The van der Waals surface area contributed by atoms with Crippen molar-refractivity contribution in [3.8, 4) is 0 Å². The second-order valence-electron chi connectivity index (χ2n) is 5.35. The zero-order valence-corrected chi connectivity index (χ0v) is 12.0. The molecule has 1 N–H and O–H groups in total. The molecule has 0 spiro atoms. The summed E-state index contributed by atoms with van der Waals surface area (Å²) in [5.41, 5.74) is 1.34. The molecule has 1 unspecified atom stereocenters. The van der Waals surface area contributed by atoms with Crippen LogP contribution in [0.5, 0.6) is 0 Å². The van der Waals surface area contributed by atoms with E-state index in [2.05, 4.69) is 19.2 Å². The van der Waals surface area contributed by atoms with Crippen molar-refractivity contribution in [3.63, 3.8) is 0 Å². The van der Waals surface area contributed by atoms with Crippen molar-refractivity contribution in [2.24, 2.45) is 5.41 Å². The molecule has 1 fully saturated rings. The van der Waals surface area contributed by atoms with E-state index in [0.29, 0.717) is 11.1 Å². The van der Waals surface area contributed by atoms with Crippen molar-refractivity contribution in [2.45, 2.75) is 39.2 Å². The molecule has 5 heteroatoms. The molecular weight excluding hydrogens is 264 g/mol. The average Bonchev–Trinajstić information content (AvgIpc) is 3.13. The maximum atomic E-state index is 10.7. The zero-order valence-electron chi connectivity index (χ0n) is 11.3. The van der Waals surface area contributed by atoms with Gasteiger partial charge in [0.15, 0.2) is 0 Å². The average molecular weight is 283 g/mol. The molecule has 1 aromatic carbocycles. The van der Waals surface area contributed by atoms with Gasteiger partial charge < -0.3 is 5.32 Å². The number of nitro groups is 1. The number of nitrogens with zero attached hydrogens (tertiary/aromatic N) is 1. The van der Waals surface area contributed by atoms with Crippen LogP contribution in [0.25, 0.3) is 0 Å². The molecule has 0 heterocycles. The smallest absolute Gasteiger partial charge is 0.270 e. The van der Waals surface area contributed by atoms with Crippen LogP contribution in [0.1, 0.15) is 32.3 Å². The summed E-state index contributed by atoms with van der Waals surface area (Å²) in [6.07, 6.45) is 3.26. The topological polar surface area (TPSA) is 55.2 Å². The fourth-order valence-corrected chi connectivity index (χ4v) is 2.86. The lowest BCUT2D eigenvalue weighted by molar-refractivity contribution is -0.384. The van der Waals surface area contributed by atoms with Gasteiger partial charge in [0, 0.05) is 18.2 Å². The highest BCUT2D eigenvalue weighted by Crippen LogP contribution is 2.52. The largest absolute Gasteiger partial charge is 0.314 e. The Morgan fingerprint density at radius 1 is 1.53 bits per heavy atom. The van der Waals surface area contributed by atoms with Gasteiger partial charge in [0.25, 0.3) is 5.69 Å². The van der Waals surface area contributed by atoms with E-state index in [-0.39, 0.29) is 11.1 Å². The number of hydrogen-bond acceptors (Lipinski definition) is 3. The third-order valence-corrected chi connectivity index (χ3v) is 4.46. The number of benzene rings is 1. The van der Waals surface area contributed by atoms with Crippen LogP contribution in [0.3, 0.4) is 0 Å². The Morgan fingerprint density at radius 3 is 2.68 bits per heavy atom. The SMILES string of the molecule is CCNC(C)C1(Cc2ccc([N+](=O)[O-])cc2Cl)CC1. The molecule has 0 amide bonds. The third-order valence-electron chi connectivity index (χ3n) is 4.11. The summed E-state index contributed by atoms with van der Waals surface area (Å²) >= 11 is 6.16. The molecule has 0 saturated heterocycles. The van der Waals surface area contributed by atoms with Crippen molar-refractivity contribution in [1.82, 2.24) is 5.32 Å². The minimum atomic E-state index is -0.413. The molecule has 1 atom stereocenters. The molecule has 2 rings (SSSR count). The van der Waals surface area contributed by atoms with E-state index in [0.717, 1.165) is 18.5 Å². The lowest BCUT2D eigenvalue weighted by atomic mass is 9.89. The highest BCUT2D eigenvalue weighted by atomic mass is 35.5. The van der Waals surface area contributed by atoms with Crippen LogP contribution in [-0.2, 0) is 6.42 Å². The molecule has 104 valence electrons. The standard InChI is InChI=1S/C14H19ClN2O2/c1-3-16-10(2)14(6-7-14)9-11-4-5-12(17(18)19)8-13(11)15/h4-5,8,10,16H,3,6-7,9H2,1-2H3. The first-order chi connectivity index (χ1) is 8.98. The number of non-ortho nitro benzene ring substituents is 1. The first-order valence-corrected chi connectivity index (χ1v) is 7.02. The summed E-state index contributed by atoms with van der Waals surface area (Å²) in [6, 6.07) is 5.23. The minimum absolute atomic E-state index is 0.0540. The maximum Gasteiger partial charge on any atom is 0.270 e. The van der Waals surface area contributed by atoms with Gasteiger partial charge in [-0.1, -0.05) is 24.6 Å². The quantitative estimate of drug-likeness (QED) is 0.641. The van der Waals surface area contributed by atoms with Crippen LogP contribution in [0, 0.1) is 15.5 Å². The molecule has 19 heavy (non-hydrogen) atoms. The van der Waals surface area contributed by atoms with E-state index in [4.69, 9.17) is 11.6 Å². The predicted molar refractivity (Wildman–Crippen MR) is 76.6 cm³/mol. The van der Waals surface area contributed by atoms with Crippen molar-refractivity contribution >= 4 is 17.3 Å². The molecule has 1 saturated carbocycles. The van der Waals surface area contributed by atoms with Crippen LogP contribution < -0.4 is 5.32 Å². The van der Waals surface area contributed by atoms with E-state index < -0.39 is 4.92 Å². The summed E-state index contributed by atoms with van der Waals surface area (Å²) in [4.78, 5) is 10.3. The summed E-state index contributed by atoms with van der Waals surface area (Å²) in [5.74, 6) is 0. The second kappa shape index (κ2) is 5.47. The molecular formula is C14H19ClN2O2. The number of halogens is 1. The van der Waals surface area contributed by atoms with Crippen LogP contribution in [0.4, 0.5) is 5.69 Å². The van der Waals surface area contributed by atoms with Gasteiger partial charge in [-0.05, 0) is 43.7 Å². The molecule has 4 nitrogen and oxygen atoms in total. The highest BCUT2D eigenvalue weighted by molar-refractivity contribution is 6.31. The van der Waals surface area contributed by atoms with Gasteiger partial charge in [0.1, 0.15) is 0 Å². The van der Waals surface area contributed by atoms with Crippen molar-refractivity contribution in [1.29, 1.82) is 0 Å². The van der Waals surface area contributed by atoms with Gasteiger partial charge in [-0.15, -0.1) is 0 Å². The summed E-state index contributed by atoms with van der Waals surface area (Å²) in [5, 5.41) is 14.7. The third kappa shape index (κ3) is 3.07. The monoisotopic (exact) mass is 282 g/mol. The molecule has 1 aliphatic rings. The number of nitro benzene ring substituents is 1. The Kier molecular flexibility index (Phi) is 4.11. The van der Waals surface area contributed by atoms with E-state index in [1.807, 2.05) is 0 Å². The van der Waals surface area contributed by atoms with E-state index in [1.165, 1.54) is 25.0 Å². The van der Waals surface area contributed by atoms with E-state index in [1.54, 1.807) is 6.07 Å².